The molecule has 13 rings (SSSR count). The molecule has 0 spiro atoms. The van der Waals surface area contributed by atoms with Gasteiger partial charge in [-0.05, 0) is 59.5 Å². The molecule has 0 bridgehead atoms. The van der Waals surface area contributed by atoms with Crippen molar-refractivity contribution >= 4 is 131 Å². The molecule has 0 radical (unpaired) electrons. The predicted octanol–water partition coefficient (Wildman–Crippen LogP) is 7.73. The standard InChI is InChI=1S/C42H21B2NS4/c1-3-12-30-24(10-1)43-26-18-20-28-36(41(26)48-34-16-6-14-32(46-30)38(34)43)22-8-5-9-23-37-29(45(28)40(22)23)21-19-27-42(37)49-35-17-7-15-33-39(35)44(27)25-11-2-4-13-31(25)47-33/h1-21H. The molecule has 6 heterocycles. The highest BCUT2D eigenvalue weighted by Crippen LogP contribution is 2.48. The van der Waals surface area contributed by atoms with Gasteiger partial charge in [-0.25, -0.2) is 0 Å². The summed E-state index contributed by atoms with van der Waals surface area (Å²) in [5.74, 6) is 0. The van der Waals surface area contributed by atoms with E-state index >= 15 is 0 Å². The highest BCUT2D eigenvalue weighted by molar-refractivity contribution is 8.02. The molecule has 0 saturated carbocycles. The van der Waals surface area contributed by atoms with Crippen LogP contribution in [0, 0.1) is 0 Å². The monoisotopic (exact) mass is 689 g/mol. The van der Waals surface area contributed by atoms with Crippen molar-refractivity contribution in [1.29, 1.82) is 0 Å². The molecule has 7 heteroatoms. The van der Waals surface area contributed by atoms with Crippen molar-refractivity contribution in [3.63, 3.8) is 0 Å². The molecule has 9 aromatic rings. The Bertz CT molecular complexity index is 2790. The van der Waals surface area contributed by atoms with Crippen LogP contribution in [-0.4, -0.2) is 17.8 Å². The van der Waals surface area contributed by atoms with Crippen molar-refractivity contribution < 1.29 is 0 Å². The summed E-state index contributed by atoms with van der Waals surface area (Å²) in [6.45, 7) is 0.511. The lowest BCUT2D eigenvalue weighted by Crippen LogP contribution is -2.58. The summed E-state index contributed by atoms with van der Waals surface area (Å²) in [4.78, 5) is 11.2. The number of para-hydroxylation sites is 1. The summed E-state index contributed by atoms with van der Waals surface area (Å²) >= 11 is 7.81. The molecule has 4 aliphatic rings. The third-order valence-electron chi connectivity index (χ3n) is 11.2. The van der Waals surface area contributed by atoms with Gasteiger partial charge < -0.3 is 4.40 Å². The molecule has 2 aromatic heterocycles. The average molecular weight is 690 g/mol. The van der Waals surface area contributed by atoms with Crippen LogP contribution in [0.5, 0.6) is 0 Å². The van der Waals surface area contributed by atoms with Gasteiger partial charge in [-0.2, -0.15) is 0 Å². The Morgan fingerprint density at radius 3 is 1.31 bits per heavy atom. The second-order valence-electron chi connectivity index (χ2n) is 13.5. The SMILES string of the molecule is c1ccc2c(c1)Sc1cccc3c1B2c1ccc2c(c1S3)c1cccc3c4c5c(ccc4n2c13)B1c2ccccc2Sc2cccc(c21)S5. The normalized spacial score (nSPS) is 14.9. The Labute approximate surface area is 300 Å². The van der Waals surface area contributed by atoms with Gasteiger partial charge in [-0.1, -0.05) is 148 Å². The second kappa shape index (κ2) is 9.35. The van der Waals surface area contributed by atoms with E-state index in [-0.39, 0.29) is 13.4 Å². The van der Waals surface area contributed by atoms with E-state index in [9.17, 15) is 0 Å². The average Bonchev–Trinajstić information content (AvgIpc) is 3.68. The van der Waals surface area contributed by atoms with Crippen LogP contribution >= 0.6 is 47.0 Å². The third kappa shape index (κ3) is 3.25. The quantitative estimate of drug-likeness (QED) is 0.150. The van der Waals surface area contributed by atoms with Crippen molar-refractivity contribution in [2.24, 2.45) is 0 Å². The van der Waals surface area contributed by atoms with Crippen LogP contribution < -0.4 is 32.8 Å². The number of fused-ring (bicyclic) bond motifs is 16. The van der Waals surface area contributed by atoms with Crippen molar-refractivity contribution in [3.05, 3.63) is 127 Å². The molecule has 0 aliphatic carbocycles. The fourth-order valence-electron chi connectivity index (χ4n) is 9.31. The predicted molar refractivity (Wildman–Crippen MR) is 213 cm³/mol. The van der Waals surface area contributed by atoms with Gasteiger partial charge in [-0.3, -0.25) is 0 Å². The van der Waals surface area contributed by atoms with E-state index in [1.165, 1.54) is 110 Å². The minimum atomic E-state index is 0.256. The maximum Gasteiger partial charge on any atom is 0.247 e. The molecule has 49 heavy (non-hydrogen) atoms. The van der Waals surface area contributed by atoms with Crippen LogP contribution in [0.1, 0.15) is 0 Å². The molecular formula is C42H21B2NS4. The Balaban J connectivity index is 1.11. The van der Waals surface area contributed by atoms with Gasteiger partial charge in [-0.15, -0.1) is 0 Å². The number of rotatable bonds is 0. The first-order valence-corrected chi connectivity index (χ1v) is 20.0. The van der Waals surface area contributed by atoms with E-state index in [4.69, 9.17) is 0 Å². The first-order valence-electron chi connectivity index (χ1n) is 16.7. The summed E-state index contributed by atoms with van der Waals surface area (Å²) < 4.78 is 2.59. The zero-order chi connectivity index (χ0) is 31.5. The van der Waals surface area contributed by atoms with Gasteiger partial charge in [0.1, 0.15) is 0 Å². The zero-order valence-corrected chi connectivity index (χ0v) is 29.1. The Kier molecular flexibility index (Phi) is 5.09. The molecule has 0 N–H and O–H groups in total. The molecule has 0 amide bonds. The number of aromatic nitrogens is 1. The number of nitrogens with zero attached hydrogens (tertiary/aromatic N) is 1. The lowest BCUT2D eigenvalue weighted by molar-refractivity contribution is 1.33. The van der Waals surface area contributed by atoms with Gasteiger partial charge in [0.15, 0.2) is 0 Å². The smallest absolute Gasteiger partial charge is 0.247 e. The molecule has 1 nitrogen and oxygen atoms in total. The van der Waals surface area contributed by atoms with E-state index in [1.807, 2.05) is 47.0 Å². The van der Waals surface area contributed by atoms with E-state index in [0.717, 1.165) is 0 Å². The van der Waals surface area contributed by atoms with Gasteiger partial charge in [0.05, 0.1) is 16.6 Å². The van der Waals surface area contributed by atoms with Gasteiger partial charge in [0, 0.05) is 60.7 Å². The molecule has 0 fully saturated rings. The van der Waals surface area contributed by atoms with Gasteiger partial charge in [0.25, 0.3) is 0 Å². The zero-order valence-electron chi connectivity index (χ0n) is 25.9. The number of benzene rings is 7. The maximum atomic E-state index is 2.59. The largest absolute Gasteiger partial charge is 0.308 e. The first-order chi connectivity index (χ1) is 24.3. The van der Waals surface area contributed by atoms with Crippen molar-refractivity contribution in [2.45, 2.75) is 39.2 Å². The lowest BCUT2D eigenvalue weighted by Gasteiger charge is -2.33. The molecular weight excluding hydrogens is 668 g/mol. The molecule has 7 aromatic carbocycles. The summed E-state index contributed by atoms with van der Waals surface area (Å²) in [6, 6.07) is 48.7. The van der Waals surface area contributed by atoms with Crippen molar-refractivity contribution in [2.75, 3.05) is 0 Å². The van der Waals surface area contributed by atoms with Gasteiger partial charge in [0.2, 0.25) is 13.4 Å². The van der Waals surface area contributed by atoms with Crippen molar-refractivity contribution in [3.8, 4) is 0 Å². The summed E-state index contributed by atoms with van der Waals surface area (Å²) in [5.41, 5.74) is 12.7. The Morgan fingerprint density at radius 2 is 0.796 bits per heavy atom. The van der Waals surface area contributed by atoms with Crippen molar-refractivity contribution in [1.82, 2.24) is 4.40 Å². The highest BCUT2D eigenvalue weighted by atomic mass is 32.2. The minimum absolute atomic E-state index is 0.256. The van der Waals surface area contributed by atoms with Crippen LogP contribution in [0.2, 0.25) is 0 Å². The highest BCUT2D eigenvalue weighted by Gasteiger charge is 2.41. The maximum absolute atomic E-state index is 2.59. The minimum Gasteiger partial charge on any atom is -0.308 e. The summed E-state index contributed by atoms with van der Waals surface area (Å²) in [5, 5.41) is 5.52. The second-order valence-corrected chi connectivity index (χ2v) is 17.8. The van der Waals surface area contributed by atoms with Crippen LogP contribution in [-0.2, 0) is 0 Å². The third-order valence-corrected chi connectivity index (χ3v) is 16.0. The number of hydrogen-bond acceptors (Lipinski definition) is 4. The van der Waals surface area contributed by atoms with E-state index in [1.54, 1.807) is 0 Å². The fraction of sp³-hybridized carbons (Fsp3) is 0. The van der Waals surface area contributed by atoms with E-state index in [0.29, 0.717) is 0 Å². The molecule has 0 atom stereocenters. The summed E-state index contributed by atoms with van der Waals surface area (Å²) in [7, 11) is 0. The van der Waals surface area contributed by atoms with Crippen LogP contribution in [0.15, 0.2) is 167 Å². The topological polar surface area (TPSA) is 4.41 Å². The molecule has 4 aliphatic heterocycles. The summed E-state index contributed by atoms with van der Waals surface area (Å²) in [6.07, 6.45) is 0. The van der Waals surface area contributed by atoms with Crippen LogP contribution in [0.4, 0.5) is 0 Å². The molecule has 224 valence electrons. The van der Waals surface area contributed by atoms with Crippen LogP contribution in [0.3, 0.4) is 0 Å². The van der Waals surface area contributed by atoms with E-state index < -0.39 is 0 Å². The molecule has 0 saturated heterocycles. The van der Waals surface area contributed by atoms with Crippen LogP contribution in [0.25, 0.3) is 38.1 Å². The Morgan fingerprint density at radius 1 is 0.367 bits per heavy atom. The first kappa shape index (κ1) is 26.7. The number of hydrogen-bond donors (Lipinski definition) is 0. The Hall–Kier alpha value is -4.13. The lowest BCUT2D eigenvalue weighted by atomic mass is 9.36. The van der Waals surface area contributed by atoms with Gasteiger partial charge >= 0.3 is 0 Å². The van der Waals surface area contributed by atoms with E-state index in [2.05, 4.69) is 132 Å². The fourth-order valence-corrected chi connectivity index (χ4v) is 14.4. The molecule has 0 unspecified atom stereocenters.